The largest absolute Gasteiger partial charge is 0.375 e. The van der Waals surface area contributed by atoms with Gasteiger partial charge in [-0.25, -0.2) is 0 Å². The van der Waals surface area contributed by atoms with Crippen LogP contribution in [0, 0.1) is 0 Å². The van der Waals surface area contributed by atoms with Gasteiger partial charge in [-0.3, -0.25) is 9.59 Å². The molecule has 0 atom stereocenters. The minimum absolute atomic E-state index is 0.00892. The summed E-state index contributed by atoms with van der Waals surface area (Å²) >= 11 is 0. The maximum atomic E-state index is 11.3. The molecule has 0 radical (unpaired) electrons. The van der Waals surface area contributed by atoms with Crippen molar-refractivity contribution in [2.45, 2.75) is 6.42 Å². The van der Waals surface area contributed by atoms with Crippen LogP contribution in [0.15, 0.2) is 24.3 Å². The van der Waals surface area contributed by atoms with Gasteiger partial charge in [0.05, 0.1) is 0 Å². The topological polar surface area (TPSA) is 93.5 Å². The predicted molar refractivity (Wildman–Crippen MR) is 69.2 cm³/mol. The minimum Gasteiger partial charge on any atom is -0.375 e. The maximum absolute atomic E-state index is 11.3. The van der Waals surface area contributed by atoms with Crippen molar-refractivity contribution < 1.29 is 14.3 Å². The molecular weight excluding hydrogens is 234 g/mol. The normalized spacial score (nSPS) is 9.89. The Kier molecular flexibility index (Phi) is 5.83. The standard InChI is InChI=1S/C12H17N3O3/c1-18-8-12(17)15-10-4-2-9(3-5-10)14-11(16)6-7-13/h2-5H,6-8,13H2,1H3,(H,14,16)(H,15,17). The highest BCUT2D eigenvalue weighted by Gasteiger charge is 2.03. The Morgan fingerprint density at radius 2 is 1.61 bits per heavy atom. The molecule has 2 amide bonds. The minimum atomic E-state index is -0.225. The van der Waals surface area contributed by atoms with Crippen LogP contribution in [0.5, 0.6) is 0 Å². The molecule has 0 heterocycles. The molecule has 1 aromatic rings. The fourth-order valence-electron chi connectivity index (χ4n) is 1.32. The fourth-order valence-corrected chi connectivity index (χ4v) is 1.32. The first-order valence-corrected chi connectivity index (χ1v) is 5.54. The van der Waals surface area contributed by atoms with Crippen molar-refractivity contribution in [1.82, 2.24) is 0 Å². The maximum Gasteiger partial charge on any atom is 0.250 e. The fraction of sp³-hybridized carbons (Fsp3) is 0.333. The van der Waals surface area contributed by atoms with Gasteiger partial charge in [0.2, 0.25) is 11.8 Å². The molecule has 0 aliphatic rings. The number of nitrogens with one attached hydrogen (secondary N) is 2. The van der Waals surface area contributed by atoms with Crippen LogP contribution in [0.1, 0.15) is 6.42 Å². The Bertz CT molecular complexity index is 365. The molecule has 0 saturated carbocycles. The van der Waals surface area contributed by atoms with Gasteiger partial charge in [0, 0.05) is 31.5 Å². The van der Waals surface area contributed by atoms with Crippen LogP contribution >= 0.6 is 0 Å². The summed E-state index contributed by atoms with van der Waals surface area (Å²) in [6.45, 7) is 0.325. The molecule has 0 bridgehead atoms. The number of amides is 2. The second kappa shape index (κ2) is 7.41. The van der Waals surface area contributed by atoms with Crippen molar-refractivity contribution in [3.8, 4) is 0 Å². The Labute approximate surface area is 105 Å². The summed E-state index contributed by atoms with van der Waals surface area (Å²) in [4.78, 5) is 22.5. The van der Waals surface area contributed by atoms with Crippen LogP contribution < -0.4 is 16.4 Å². The SMILES string of the molecule is COCC(=O)Nc1ccc(NC(=O)CCN)cc1. The van der Waals surface area contributed by atoms with Crippen LogP contribution in [0.4, 0.5) is 11.4 Å². The first kappa shape index (κ1) is 14.1. The number of ether oxygens (including phenoxy) is 1. The van der Waals surface area contributed by atoms with Crippen LogP contribution in [0.2, 0.25) is 0 Å². The van der Waals surface area contributed by atoms with Gasteiger partial charge in [0.1, 0.15) is 6.61 Å². The average molecular weight is 251 g/mol. The summed E-state index contributed by atoms with van der Waals surface area (Å²) in [7, 11) is 1.45. The first-order chi connectivity index (χ1) is 8.65. The van der Waals surface area contributed by atoms with Gasteiger partial charge in [0.15, 0.2) is 0 Å². The van der Waals surface area contributed by atoms with Gasteiger partial charge < -0.3 is 21.1 Å². The predicted octanol–water partition coefficient (Wildman–Crippen LogP) is 0.559. The second-order valence-corrected chi connectivity index (χ2v) is 3.65. The molecule has 0 aliphatic heterocycles. The average Bonchev–Trinajstić information content (AvgIpc) is 2.32. The molecule has 98 valence electrons. The lowest BCUT2D eigenvalue weighted by atomic mass is 10.2. The monoisotopic (exact) mass is 251 g/mol. The van der Waals surface area contributed by atoms with E-state index in [-0.39, 0.29) is 24.8 Å². The van der Waals surface area contributed by atoms with E-state index in [1.54, 1.807) is 24.3 Å². The summed E-state index contributed by atoms with van der Waals surface area (Å²) < 4.78 is 4.70. The Balaban J connectivity index is 2.52. The van der Waals surface area contributed by atoms with Gasteiger partial charge in [-0.05, 0) is 24.3 Å². The molecule has 18 heavy (non-hydrogen) atoms. The van der Waals surface area contributed by atoms with E-state index in [0.717, 1.165) is 0 Å². The number of methoxy groups -OCH3 is 1. The van der Waals surface area contributed by atoms with Crippen molar-refractivity contribution in [3.63, 3.8) is 0 Å². The summed E-state index contributed by atoms with van der Waals surface area (Å²) in [5, 5.41) is 5.34. The Morgan fingerprint density at radius 3 is 2.06 bits per heavy atom. The molecule has 0 unspecified atom stereocenters. The van der Waals surface area contributed by atoms with Crippen LogP contribution in [-0.4, -0.2) is 32.1 Å². The first-order valence-electron chi connectivity index (χ1n) is 5.54. The molecule has 4 N–H and O–H groups in total. The van der Waals surface area contributed by atoms with E-state index in [1.165, 1.54) is 7.11 Å². The van der Waals surface area contributed by atoms with Gasteiger partial charge in [-0.1, -0.05) is 0 Å². The lowest BCUT2D eigenvalue weighted by Crippen LogP contribution is -2.17. The third kappa shape index (κ3) is 4.94. The van der Waals surface area contributed by atoms with Crippen LogP contribution in [-0.2, 0) is 14.3 Å². The number of hydrogen-bond donors (Lipinski definition) is 3. The highest BCUT2D eigenvalue weighted by molar-refractivity contribution is 5.93. The molecular formula is C12H17N3O3. The van der Waals surface area contributed by atoms with Gasteiger partial charge >= 0.3 is 0 Å². The van der Waals surface area contributed by atoms with Crippen LogP contribution in [0.3, 0.4) is 0 Å². The lowest BCUT2D eigenvalue weighted by molar-refractivity contribution is -0.119. The summed E-state index contributed by atoms with van der Waals surface area (Å²) in [6, 6.07) is 6.81. The van der Waals surface area contributed by atoms with Crippen molar-refractivity contribution in [2.75, 3.05) is 30.9 Å². The highest BCUT2D eigenvalue weighted by atomic mass is 16.5. The molecule has 0 fully saturated rings. The van der Waals surface area contributed by atoms with E-state index in [9.17, 15) is 9.59 Å². The zero-order chi connectivity index (χ0) is 13.4. The molecule has 1 rings (SSSR count). The van der Waals surface area contributed by atoms with E-state index in [1.807, 2.05) is 0 Å². The van der Waals surface area contributed by atoms with E-state index in [0.29, 0.717) is 17.9 Å². The third-order valence-corrected chi connectivity index (χ3v) is 2.10. The number of nitrogens with two attached hydrogens (primary N) is 1. The highest BCUT2D eigenvalue weighted by Crippen LogP contribution is 2.13. The second-order valence-electron chi connectivity index (χ2n) is 3.65. The van der Waals surface area contributed by atoms with E-state index in [2.05, 4.69) is 10.6 Å². The Morgan fingerprint density at radius 1 is 1.11 bits per heavy atom. The summed E-state index contributed by atoms with van der Waals surface area (Å²) in [5.41, 5.74) is 6.58. The molecule has 6 heteroatoms. The number of anilines is 2. The number of carbonyl (C=O) groups is 2. The molecule has 0 aliphatic carbocycles. The van der Waals surface area contributed by atoms with E-state index >= 15 is 0 Å². The van der Waals surface area contributed by atoms with Crippen molar-refractivity contribution >= 4 is 23.2 Å². The third-order valence-electron chi connectivity index (χ3n) is 2.10. The molecule has 6 nitrogen and oxygen atoms in total. The zero-order valence-electron chi connectivity index (χ0n) is 10.2. The Hall–Kier alpha value is -1.92. The van der Waals surface area contributed by atoms with E-state index < -0.39 is 0 Å². The summed E-state index contributed by atoms with van der Waals surface area (Å²) in [6.07, 6.45) is 0.284. The number of benzene rings is 1. The van der Waals surface area contributed by atoms with Crippen molar-refractivity contribution in [2.24, 2.45) is 5.73 Å². The van der Waals surface area contributed by atoms with E-state index in [4.69, 9.17) is 10.5 Å². The quantitative estimate of drug-likeness (QED) is 0.688. The van der Waals surface area contributed by atoms with Gasteiger partial charge in [-0.2, -0.15) is 0 Å². The number of hydrogen-bond acceptors (Lipinski definition) is 4. The van der Waals surface area contributed by atoms with Gasteiger partial charge in [0.25, 0.3) is 0 Å². The van der Waals surface area contributed by atoms with Crippen molar-refractivity contribution in [1.29, 1.82) is 0 Å². The molecule has 0 saturated heterocycles. The molecule has 0 aromatic heterocycles. The van der Waals surface area contributed by atoms with Gasteiger partial charge in [-0.15, -0.1) is 0 Å². The number of carbonyl (C=O) groups excluding carboxylic acids is 2. The molecule has 0 spiro atoms. The number of rotatable bonds is 6. The van der Waals surface area contributed by atoms with Crippen LogP contribution in [0.25, 0.3) is 0 Å². The summed E-state index contributed by atoms with van der Waals surface area (Å²) in [5.74, 6) is -0.355. The van der Waals surface area contributed by atoms with Crippen molar-refractivity contribution in [3.05, 3.63) is 24.3 Å². The smallest absolute Gasteiger partial charge is 0.250 e. The zero-order valence-corrected chi connectivity index (χ0v) is 10.2. The lowest BCUT2D eigenvalue weighted by Gasteiger charge is -2.07. The molecule has 1 aromatic carbocycles.